The molecule has 50 heavy (non-hydrogen) atoms. The maximum atomic E-state index is 13.4. The Labute approximate surface area is 290 Å². The standard InChI is InChI=1S/C37H43NO12/c1-17(31-21(5)33(48-16-47-31)22(6)32(49-23(7)40)18(2)13-10-14-39)11-9-12-19(3)36(45)38-24-15-25(41)26-27(30(24)43)29(42)20(4)34-28(26)35(44)37(8,46)50-34/h9-15,17-18,21-22,31-33,42,46H,16H2,1-8H3,(H,38,45)/b11-9+,13-10+,19-12-/t17-,18+,21+,22-,31-,32+,33+,37-/m0/s1. The summed E-state index contributed by atoms with van der Waals surface area (Å²) >= 11 is 0. The number of hydrogen-bond acceptors (Lipinski definition) is 12. The lowest BCUT2D eigenvalue weighted by Crippen LogP contribution is -2.49. The van der Waals surface area contributed by atoms with E-state index in [4.69, 9.17) is 18.9 Å². The molecule has 0 unspecified atom stereocenters. The maximum Gasteiger partial charge on any atom is 0.302 e. The van der Waals surface area contributed by atoms with Crippen molar-refractivity contribution in [1.29, 1.82) is 0 Å². The molecular formula is C37H43NO12. The van der Waals surface area contributed by atoms with E-state index < -0.39 is 63.7 Å². The van der Waals surface area contributed by atoms with Gasteiger partial charge in [-0.1, -0.05) is 52.0 Å². The summed E-state index contributed by atoms with van der Waals surface area (Å²) in [6.45, 7) is 13.1. The van der Waals surface area contributed by atoms with E-state index in [9.17, 15) is 39.0 Å². The number of esters is 1. The van der Waals surface area contributed by atoms with E-state index in [1.807, 2.05) is 33.8 Å². The SMILES string of the molecule is CC(=O)O[C@@H]([C@H](C)[C@@H]1OCO[C@@H]([C@@H](C)/C=C/C=C(/C)C(=O)NC2=CC(=O)c3c(c(O)c(C)c4c3C(=O)[C@@](C)(O)O4)C2=O)[C@H]1C)[C@H](C)/C=C/C=O. The molecule has 8 atom stereocenters. The molecule has 4 rings (SSSR count). The second-order valence-electron chi connectivity index (χ2n) is 13.2. The first kappa shape index (κ1) is 38.1. The Hall–Kier alpha value is -4.72. The number of phenols is 1. The van der Waals surface area contributed by atoms with Gasteiger partial charge in [-0.3, -0.25) is 28.8 Å². The van der Waals surface area contributed by atoms with Crippen LogP contribution in [0, 0.1) is 30.6 Å². The number of aldehydes is 1. The molecule has 1 saturated heterocycles. The normalized spacial score (nSPS) is 26.1. The highest BCUT2D eigenvalue weighted by Gasteiger charge is 2.49. The lowest BCUT2D eigenvalue weighted by molar-refractivity contribution is -0.234. The lowest BCUT2D eigenvalue weighted by Gasteiger charge is -2.43. The van der Waals surface area contributed by atoms with Crippen LogP contribution in [0.5, 0.6) is 11.5 Å². The number of carbonyl (C=O) groups excluding carboxylic acids is 6. The topological polar surface area (TPSA) is 192 Å². The van der Waals surface area contributed by atoms with Crippen molar-refractivity contribution in [3.63, 3.8) is 0 Å². The summed E-state index contributed by atoms with van der Waals surface area (Å²) in [4.78, 5) is 75.2. The molecule has 1 aromatic rings. The van der Waals surface area contributed by atoms with Crippen LogP contribution in [0.2, 0.25) is 0 Å². The van der Waals surface area contributed by atoms with Gasteiger partial charge in [0.05, 0.1) is 34.6 Å². The minimum atomic E-state index is -2.28. The predicted octanol–water partition coefficient (Wildman–Crippen LogP) is 3.84. The summed E-state index contributed by atoms with van der Waals surface area (Å²) in [7, 11) is 0. The number of hydrogen-bond donors (Lipinski definition) is 3. The first-order valence-electron chi connectivity index (χ1n) is 16.3. The Morgan fingerprint density at radius 1 is 1.04 bits per heavy atom. The van der Waals surface area contributed by atoms with Crippen molar-refractivity contribution in [3.8, 4) is 11.5 Å². The van der Waals surface area contributed by atoms with Crippen molar-refractivity contribution in [3.05, 3.63) is 70.0 Å². The van der Waals surface area contributed by atoms with Gasteiger partial charge in [0.2, 0.25) is 11.6 Å². The number of fused-ring (bicyclic) bond motifs is 3. The van der Waals surface area contributed by atoms with E-state index >= 15 is 0 Å². The Balaban J connectivity index is 1.46. The number of nitrogens with one attached hydrogen (secondary N) is 1. The first-order valence-corrected chi connectivity index (χ1v) is 16.3. The largest absolute Gasteiger partial charge is 0.507 e. The molecule has 0 saturated carbocycles. The minimum Gasteiger partial charge on any atom is -0.507 e. The molecule has 0 bridgehead atoms. The van der Waals surface area contributed by atoms with E-state index in [2.05, 4.69) is 5.32 Å². The van der Waals surface area contributed by atoms with Crippen molar-refractivity contribution in [2.24, 2.45) is 23.7 Å². The number of rotatable bonds is 11. The van der Waals surface area contributed by atoms with Crippen LogP contribution in [0.4, 0.5) is 0 Å². The summed E-state index contributed by atoms with van der Waals surface area (Å²) in [5.74, 6) is -7.58. The summed E-state index contributed by atoms with van der Waals surface area (Å²) in [5.41, 5.74) is -1.36. The van der Waals surface area contributed by atoms with Gasteiger partial charge in [0.25, 0.3) is 11.7 Å². The van der Waals surface area contributed by atoms with Crippen LogP contribution in [0.3, 0.4) is 0 Å². The second kappa shape index (κ2) is 15.0. The number of ether oxygens (including phenoxy) is 4. The zero-order valence-corrected chi connectivity index (χ0v) is 29.3. The Kier molecular flexibility index (Phi) is 11.5. The molecule has 1 aliphatic carbocycles. The van der Waals surface area contributed by atoms with Crippen molar-refractivity contribution in [2.75, 3.05) is 6.79 Å². The van der Waals surface area contributed by atoms with E-state index in [-0.39, 0.29) is 65.1 Å². The number of phenolic OH excluding ortho intramolecular Hbond substituents is 1. The Bertz CT molecular complexity index is 1730. The lowest BCUT2D eigenvalue weighted by atomic mass is 9.78. The van der Waals surface area contributed by atoms with Crippen LogP contribution >= 0.6 is 0 Å². The third-order valence-electron chi connectivity index (χ3n) is 9.40. The van der Waals surface area contributed by atoms with E-state index in [0.29, 0.717) is 6.29 Å². The molecule has 3 N–H and O–H groups in total. The fraction of sp³-hybridized carbons (Fsp3) is 0.459. The molecule has 1 fully saturated rings. The summed E-state index contributed by atoms with van der Waals surface area (Å²) in [5, 5.41) is 23.6. The van der Waals surface area contributed by atoms with Gasteiger partial charge in [0.15, 0.2) is 5.78 Å². The van der Waals surface area contributed by atoms with Crippen molar-refractivity contribution < 1.29 is 57.9 Å². The summed E-state index contributed by atoms with van der Waals surface area (Å²) < 4.78 is 22.9. The highest BCUT2D eigenvalue weighted by molar-refractivity contribution is 6.30. The molecule has 1 amide bonds. The van der Waals surface area contributed by atoms with Gasteiger partial charge in [-0.25, -0.2) is 0 Å². The monoisotopic (exact) mass is 693 g/mol. The first-order chi connectivity index (χ1) is 23.4. The molecule has 0 spiro atoms. The second-order valence-corrected chi connectivity index (χ2v) is 13.2. The van der Waals surface area contributed by atoms with Crippen LogP contribution in [-0.2, 0) is 28.6 Å². The number of benzene rings is 1. The van der Waals surface area contributed by atoms with Gasteiger partial charge in [-0.2, -0.15) is 0 Å². The third kappa shape index (κ3) is 7.40. The van der Waals surface area contributed by atoms with Crippen molar-refractivity contribution in [2.45, 2.75) is 79.5 Å². The highest BCUT2D eigenvalue weighted by Crippen LogP contribution is 2.46. The summed E-state index contributed by atoms with van der Waals surface area (Å²) in [6, 6.07) is 0. The molecule has 268 valence electrons. The van der Waals surface area contributed by atoms with Gasteiger partial charge in [-0.15, -0.1) is 0 Å². The molecular weight excluding hydrogens is 650 g/mol. The number of carbonyl (C=O) groups is 6. The smallest absolute Gasteiger partial charge is 0.302 e. The molecule has 13 nitrogen and oxygen atoms in total. The minimum absolute atomic E-state index is 0.0111. The van der Waals surface area contributed by atoms with Gasteiger partial charge in [0, 0.05) is 54.7 Å². The molecule has 0 radical (unpaired) electrons. The van der Waals surface area contributed by atoms with Gasteiger partial charge < -0.3 is 34.5 Å². The van der Waals surface area contributed by atoms with Gasteiger partial charge in [-0.05, 0) is 19.9 Å². The third-order valence-corrected chi connectivity index (χ3v) is 9.40. The average molecular weight is 694 g/mol. The van der Waals surface area contributed by atoms with E-state index in [1.54, 1.807) is 12.2 Å². The number of amides is 1. The summed E-state index contributed by atoms with van der Waals surface area (Å²) in [6.07, 6.45) is 8.49. The number of aliphatic hydroxyl groups is 1. The van der Waals surface area contributed by atoms with Gasteiger partial charge >= 0.3 is 5.97 Å². The van der Waals surface area contributed by atoms with E-state index in [1.165, 1.54) is 32.9 Å². The molecule has 0 aromatic heterocycles. The maximum absolute atomic E-state index is 13.4. The molecule has 3 aliphatic rings. The van der Waals surface area contributed by atoms with Crippen LogP contribution in [0.15, 0.2) is 47.7 Å². The zero-order chi connectivity index (χ0) is 37.2. The molecule has 13 heteroatoms. The van der Waals surface area contributed by atoms with Crippen LogP contribution < -0.4 is 10.1 Å². The predicted molar refractivity (Wildman–Crippen MR) is 178 cm³/mol. The zero-order valence-electron chi connectivity index (χ0n) is 29.3. The Morgan fingerprint density at radius 3 is 2.34 bits per heavy atom. The Morgan fingerprint density at radius 2 is 1.70 bits per heavy atom. The average Bonchev–Trinajstić information content (AvgIpc) is 3.30. The van der Waals surface area contributed by atoms with Crippen LogP contribution in [-0.4, -0.2) is 76.6 Å². The number of allylic oxidation sites excluding steroid dienone is 5. The quantitative estimate of drug-likeness (QED) is 0.132. The fourth-order valence-electron chi connectivity index (χ4n) is 6.76. The molecule has 2 heterocycles. The molecule has 1 aromatic carbocycles. The number of Topliss-reactive ketones (excluding diaryl/α,β-unsaturated/α-hetero) is 2. The fourth-order valence-corrected chi connectivity index (χ4v) is 6.76. The van der Waals surface area contributed by atoms with Crippen molar-refractivity contribution in [1.82, 2.24) is 5.32 Å². The van der Waals surface area contributed by atoms with Crippen LogP contribution in [0.1, 0.15) is 85.1 Å². The van der Waals surface area contributed by atoms with Crippen LogP contribution in [0.25, 0.3) is 0 Å². The number of ketones is 3. The van der Waals surface area contributed by atoms with E-state index in [0.717, 1.165) is 13.0 Å². The van der Waals surface area contributed by atoms with Gasteiger partial charge in [0.1, 0.15) is 30.7 Å². The molecule has 2 aliphatic heterocycles. The van der Waals surface area contributed by atoms with Crippen molar-refractivity contribution >= 4 is 35.5 Å². The highest BCUT2D eigenvalue weighted by atomic mass is 16.7. The number of aromatic hydroxyl groups is 1.